The van der Waals surface area contributed by atoms with Gasteiger partial charge in [0.2, 0.25) is 0 Å². The van der Waals surface area contributed by atoms with Crippen LogP contribution < -0.4 is 0 Å². The number of nitrogens with zero attached hydrogens (tertiary/aromatic N) is 3. The molecule has 2 heterocycles. The van der Waals surface area contributed by atoms with Gasteiger partial charge in [-0.25, -0.2) is 0 Å². The van der Waals surface area contributed by atoms with Crippen LogP contribution in [0.2, 0.25) is 5.02 Å². The predicted molar refractivity (Wildman–Crippen MR) is 99.8 cm³/mol. The first-order valence-electron chi connectivity index (χ1n) is 8.45. The standard InChI is InChI=1S/C19H16ClN3O4/c20-17-11-14(23(25)26)4-6-16(17)18-7-5-15(27-18)10-13(12-21)19(24)22-8-2-1-3-9-22/h4-7,10-11H,1-3,8-9H2. The second kappa shape index (κ2) is 8.06. The summed E-state index contributed by atoms with van der Waals surface area (Å²) in [5, 5.41) is 20.3. The molecular formula is C19H16ClN3O4. The predicted octanol–water partition coefficient (Wildman–Crippen LogP) is 4.43. The Balaban J connectivity index is 1.84. The fourth-order valence-electron chi connectivity index (χ4n) is 2.94. The van der Waals surface area contributed by atoms with Crippen LogP contribution in [0.4, 0.5) is 5.69 Å². The quantitative estimate of drug-likeness (QED) is 0.335. The number of carbonyl (C=O) groups excluding carboxylic acids is 1. The summed E-state index contributed by atoms with van der Waals surface area (Å²) in [4.78, 5) is 24.4. The maximum absolute atomic E-state index is 12.5. The van der Waals surface area contributed by atoms with Gasteiger partial charge in [-0.05, 0) is 37.5 Å². The van der Waals surface area contributed by atoms with Crippen LogP contribution in [-0.2, 0) is 4.79 Å². The monoisotopic (exact) mass is 385 g/mol. The number of halogens is 1. The van der Waals surface area contributed by atoms with Gasteiger partial charge in [-0.2, -0.15) is 5.26 Å². The summed E-state index contributed by atoms with van der Waals surface area (Å²) in [5.74, 6) is 0.425. The van der Waals surface area contributed by atoms with E-state index in [9.17, 15) is 20.2 Å². The normalized spacial score (nSPS) is 14.7. The number of hydrogen-bond acceptors (Lipinski definition) is 5. The van der Waals surface area contributed by atoms with E-state index < -0.39 is 4.92 Å². The largest absolute Gasteiger partial charge is 0.457 e. The average molecular weight is 386 g/mol. The second-order valence-corrected chi connectivity index (χ2v) is 6.55. The summed E-state index contributed by atoms with van der Waals surface area (Å²) >= 11 is 6.11. The van der Waals surface area contributed by atoms with Crippen molar-refractivity contribution in [1.29, 1.82) is 5.26 Å². The Kier molecular flexibility index (Phi) is 5.57. The Labute approximate surface area is 160 Å². The SMILES string of the molecule is N#CC(=Cc1ccc(-c2ccc([N+](=O)[O-])cc2Cl)o1)C(=O)N1CCCCC1. The number of nitro groups is 1. The number of likely N-dealkylation sites (tertiary alicyclic amines) is 1. The van der Waals surface area contributed by atoms with Crippen LogP contribution in [0.15, 0.2) is 40.3 Å². The van der Waals surface area contributed by atoms with E-state index >= 15 is 0 Å². The number of non-ortho nitro benzene ring substituents is 1. The van der Waals surface area contributed by atoms with Crippen LogP contribution in [0.1, 0.15) is 25.0 Å². The highest BCUT2D eigenvalue weighted by Gasteiger charge is 2.21. The molecule has 8 heteroatoms. The Morgan fingerprint density at radius 2 is 2.00 bits per heavy atom. The van der Waals surface area contributed by atoms with Gasteiger partial charge in [0.15, 0.2) is 0 Å². The van der Waals surface area contributed by atoms with E-state index in [-0.39, 0.29) is 22.2 Å². The van der Waals surface area contributed by atoms with Crippen LogP contribution in [0.5, 0.6) is 0 Å². The molecule has 27 heavy (non-hydrogen) atoms. The van der Waals surface area contributed by atoms with Crippen molar-refractivity contribution in [3.63, 3.8) is 0 Å². The van der Waals surface area contributed by atoms with E-state index in [2.05, 4.69) is 0 Å². The van der Waals surface area contributed by atoms with E-state index in [1.54, 1.807) is 17.0 Å². The number of carbonyl (C=O) groups is 1. The van der Waals surface area contributed by atoms with Gasteiger partial charge in [0, 0.05) is 36.9 Å². The molecule has 0 unspecified atom stereocenters. The van der Waals surface area contributed by atoms with Gasteiger partial charge >= 0.3 is 0 Å². The second-order valence-electron chi connectivity index (χ2n) is 6.15. The van der Waals surface area contributed by atoms with Gasteiger partial charge in [-0.1, -0.05) is 11.6 Å². The molecule has 7 nitrogen and oxygen atoms in total. The van der Waals surface area contributed by atoms with Gasteiger partial charge in [0.05, 0.1) is 9.95 Å². The molecule has 2 aromatic rings. The molecule has 0 bridgehead atoms. The smallest absolute Gasteiger partial charge is 0.270 e. The molecule has 0 saturated carbocycles. The van der Waals surface area contributed by atoms with Crippen molar-refractivity contribution in [3.8, 4) is 17.4 Å². The summed E-state index contributed by atoms with van der Waals surface area (Å²) in [6, 6.07) is 9.27. The lowest BCUT2D eigenvalue weighted by Crippen LogP contribution is -2.36. The number of rotatable bonds is 4. The molecular weight excluding hydrogens is 370 g/mol. The lowest BCUT2D eigenvalue weighted by atomic mass is 10.1. The molecule has 0 atom stereocenters. The lowest BCUT2D eigenvalue weighted by Gasteiger charge is -2.26. The molecule has 1 saturated heterocycles. The maximum Gasteiger partial charge on any atom is 0.270 e. The summed E-state index contributed by atoms with van der Waals surface area (Å²) in [6.07, 6.45) is 4.37. The fourth-order valence-corrected chi connectivity index (χ4v) is 3.21. The zero-order chi connectivity index (χ0) is 19.4. The molecule has 3 rings (SSSR count). The Morgan fingerprint density at radius 1 is 1.26 bits per heavy atom. The number of piperidine rings is 1. The van der Waals surface area contributed by atoms with Gasteiger partial charge in [-0.15, -0.1) is 0 Å². The van der Waals surface area contributed by atoms with Crippen molar-refractivity contribution in [2.75, 3.05) is 13.1 Å². The highest BCUT2D eigenvalue weighted by atomic mass is 35.5. The third kappa shape index (κ3) is 4.18. The van der Waals surface area contributed by atoms with Gasteiger partial charge in [-0.3, -0.25) is 14.9 Å². The van der Waals surface area contributed by atoms with Crippen LogP contribution in [0.3, 0.4) is 0 Å². The number of benzene rings is 1. The van der Waals surface area contributed by atoms with E-state index in [1.807, 2.05) is 6.07 Å². The molecule has 0 spiro atoms. The van der Waals surface area contributed by atoms with E-state index in [0.29, 0.717) is 30.2 Å². The fraction of sp³-hybridized carbons (Fsp3) is 0.263. The third-order valence-electron chi connectivity index (χ3n) is 4.34. The summed E-state index contributed by atoms with van der Waals surface area (Å²) in [6.45, 7) is 1.30. The van der Waals surface area contributed by atoms with Crippen molar-refractivity contribution >= 4 is 29.3 Å². The Hall–Kier alpha value is -3.11. The van der Waals surface area contributed by atoms with Crippen LogP contribution in [0, 0.1) is 21.4 Å². The molecule has 1 aromatic carbocycles. The van der Waals surface area contributed by atoms with Gasteiger partial charge in [0.25, 0.3) is 11.6 Å². The molecule has 138 valence electrons. The maximum atomic E-state index is 12.5. The molecule has 0 aliphatic carbocycles. The molecule has 1 amide bonds. The first-order valence-corrected chi connectivity index (χ1v) is 8.82. The van der Waals surface area contributed by atoms with E-state index in [1.165, 1.54) is 24.3 Å². The molecule has 1 aromatic heterocycles. The Bertz CT molecular complexity index is 952. The highest BCUT2D eigenvalue weighted by Crippen LogP contribution is 2.32. The zero-order valence-electron chi connectivity index (χ0n) is 14.4. The number of furan rings is 1. The number of nitriles is 1. The molecule has 0 N–H and O–H groups in total. The first kappa shape index (κ1) is 18.7. The van der Waals surface area contributed by atoms with Gasteiger partial charge in [0.1, 0.15) is 23.2 Å². The van der Waals surface area contributed by atoms with Crippen LogP contribution in [0.25, 0.3) is 17.4 Å². The molecule has 1 aliphatic rings. The van der Waals surface area contributed by atoms with Crippen LogP contribution in [-0.4, -0.2) is 28.8 Å². The molecule has 1 fully saturated rings. The van der Waals surface area contributed by atoms with Crippen molar-refractivity contribution < 1.29 is 14.1 Å². The first-order chi connectivity index (χ1) is 13.0. The van der Waals surface area contributed by atoms with Gasteiger partial charge < -0.3 is 9.32 Å². The Morgan fingerprint density at radius 3 is 2.63 bits per heavy atom. The summed E-state index contributed by atoms with van der Waals surface area (Å²) in [7, 11) is 0. The van der Waals surface area contributed by atoms with Crippen molar-refractivity contribution in [3.05, 3.63) is 56.8 Å². The minimum absolute atomic E-state index is 0.00703. The highest BCUT2D eigenvalue weighted by molar-refractivity contribution is 6.33. The minimum atomic E-state index is -0.530. The zero-order valence-corrected chi connectivity index (χ0v) is 15.1. The van der Waals surface area contributed by atoms with Crippen LogP contribution >= 0.6 is 11.6 Å². The topological polar surface area (TPSA) is 100 Å². The number of nitro benzene ring substituents is 1. The average Bonchev–Trinajstić information content (AvgIpc) is 3.14. The van der Waals surface area contributed by atoms with E-state index in [4.69, 9.17) is 16.0 Å². The molecule has 1 aliphatic heterocycles. The number of hydrogen-bond donors (Lipinski definition) is 0. The van der Waals surface area contributed by atoms with Crippen molar-refractivity contribution in [2.24, 2.45) is 0 Å². The van der Waals surface area contributed by atoms with Crippen molar-refractivity contribution in [1.82, 2.24) is 4.90 Å². The third-order valence-corrected chi connectivity index (χ3v) is 4.65. The molecule has 0 radical (unpaired) electrons. The number of amides is 1. The summed E-state index contributed by atoms with van der Waals surface area (Å²) in [5.41, 5.74) is 0.379. The summed E-state index contributed by atoms with van der Waals surface area (Å²) < 4.78 is 5.67. The van der Waals surface area contributed by atoms with E-state index in [0.717, 1.165) is 19.3 Å². The lowest BCUT2D eigenvalue weighted by molar-refractivity contribution is -0.384. The van der Waals surface area contributed by atoms with Crippen molar-refractivity contribution in [2.45, 2.75) is 19.3 Å². The minimum Gasteiger partial charge on any atom is -0.457 e.